The minimum atomic E-state index is -1.20. The molecule has 2 rings (SSSR count). The summed E-state index contributed by atoms with van der Waals surface area (Å²) in [7, 11) is -1.20. The Morgan fingerprint density at radius 1 is 0.944 bits per heavy atom. The van der Waals surface area contributed by atoms with Crippen molar-refractivity contribution in [1.82, 2.24) is 0 Å². The van der Waals surface area contributed by atoms with Gasteiger partial charge in [-0.3, -0.25) is 0 Å². The molecule has 0 aliphatic heterocycles. The molecule has 1 atom stereocenters. The smallest absolute Gasteiger partial charge is 0.118 e. The highest BCUT2D eigenvalue weighted by Crippen LogP contribution is 2.26. The molecule has 0 spiro atoms. The van der Waals surface area contributed by atoms with Gasteiger partial charge in [0.25, 0.3) is 0 Å². The number of rotatable bonds is 2. The second kappa shape index (κ2) is 4.94. The average Bonchev–Trinajstić information content (AvgIpc) is 2.34. The predicted octanol–water partition coefficient (Wildman–Crippen LogP) is 3.48. The molecular weight excluding hydrogens is 244 g/mol. The monoisotopic (exact) mass is 260 g/mol. The highest BCUT2D eigenvalue weighted by Gasteiger charge is 2.12. The molecule has 3 heteroatoms. The minimum Gasteiger partial charge on any atom is -0.508 e. The van der Waals surface area contributed by atoms with Crippen LogP contribution in [0.25, 0.3) is 0 Å². The molecule has 0 amide bonds. The molecule has 94 valence electrons. The normalized spacial score (nSPS) is 12.4. The fourth-order valence-electron chi connectivity index (χ4n) is 1.76. The van der Waals surface area contributed by atoms with E-state index in [1.807, 2.05) is 45.0 Å². The second-order valence-corrected chi connectivity index (χ2v) is 5.93. The summed E-state index contributed by atoms with van der Waals surface area (Å²) in [5, 5.41) is 9.61. The van der Waals surface area contributed by atoms with Crippen molar-refractivity contribution in [3.63, 3.8) is 0 Å². The van der Waals surface area contributed by atoms with Gasteiger partial charge in [-0.2, -0.15) is 0 Å². The number of phenols is 1. The fourth-order valence-corrected chi connectivity index (χ4v) is 3.04. The third-order valence-electron chi connectivity index (χ3n) is 2.93. The van der Waals surface area contributed by atoms with E-state index in [1.54, 1.807) is 12.1 Å². The lowest BCUT2D eigenvalue weighted by Crippen LogP contribution is -1.97. The van der Waals surface area contributed by atoms with E-state index >= 15 is 0 Å². The standard InChI is InChI=1S/C15H16O2S/c1-10-4-6-13(7-5-10)18(17)15-9-11(2)14(16)8-12(15)3/h4-9,16H,1-3H3. The lowest BCUT2D eigenvalue weighted by atomic mass is 10.1. The van der Waals surface area contributed by atoms with E-state index in [2.05, 4.69) is 0 Å². The summed E-state index contributed by atoms with van der Waals surface area (Å²) >= 11 is 0. The van der Waals surface area contributed by atoms with Crippen molar-refractivity contribution < 1.29 is 9.32 Å². The highest BCUT2D eigenvalue weighted by molar-refractivity contribution is 7.85. The molecule has 0 bridgehead atoms. The summed E-state index contributed by atoms with van der Waals surface area (Å²) in [6.45, 7) is 5.67. The van der Waals surface area contributed by atoms with E-state index in [1.165, 1.54) is 0 Å². The zero-order valence-electron chi connectivity index (χ0n) is 10.7. The zero-order chi connectivity index (χ0) is 13.3. The maximum atomic E-state index is 12.5. The fraction of sp³-hybridized carbons (Fsp3) is 0.200. The van der Waals surface area contributed by atoms with Crippen LogP contribution in [-0.2, 0) is 10.8 Å². The van der Waals surface area contributed by atoms with Crippen molar-refractivity contribution in [1.29, 1.82) is 0 Å². The summed E-state index contributed by atoms with van der Waals surface area (Å²) in [5.41, 5.74) is 2.74. The van der Waals surface area contributed by atoms with Gasteiger partial charge in [0.2, 0.25) is 0 Å². The molecule has 0 aliphatic rings. The van der Waals surface area contributed by atoms with Crippen LogP contribution in [0.5, 0.6) is 5.75 Å². The van der Waals surface area contributed by atoms with Gasteiger partial charge >= 0.3 is 0 Å². The Morgan fingerprint density at radius 3 is 2.17 bits per heavy atom. The van der Waals surface area contributed by atoms with Crippen LogP contribution in [0.2, 0.25) is 0 Å². The molecule has 0 saturated heterocycles. The van der Waals surface area contributed by atoms with Crippen LogP contribution in [-0.4, -0.2) is 9.32 Å². The predicted molar refractivity (Wildman–Crippen MR) is 73.4 cm³/mol. The summed E-state index contributed by atoms with van der Waals surface area (Å²) < 4.78 is 12.5. The van der Waals surface area contributed by atoms with Crippen LogP contribution >= 0.6 is 0 Å². The SMILES string of the molecule is Cc1ccc(S(=O)c2cc(C)c(O)cc2C)cc1. The lowest BCUT2D eigenvalue weighted by Gasteiger charge is -2.09. The quantitative estimate of drug-likeness (QED) is 0.897. The number of hydrogen-bond acceptors (Lipinski definition) is 2. The summed E-state index contributed by atoms with van der Waals surface area (Å²) in [5.74, 6) is 0.247. The summed E-state index contributed by atoms with van der Waals surface area (Å²) in [6.07, 6.45) is 0. The van der Waals surface area contributed by atoms with Gasteiger partial charge < -0.3 is 5.11 Å². The minimum absolute atomic E-state index is 0.247. The van der Waals surface area contributed by atoms with Crippen LogP contribution in [0, 0.1) is 20.8 Å². The Labute approximate surface area is 110 Å². The Balaban J connectivity index is 2.46. The van der Waals surface area contributed by atoms with Crippen LogP contribution in [0.4, 0.5) is 0 Å². The Hall–Kier alpha value is -1.61. The van der Waals surface area contributed by atoms with Crippen LogP contribution in [0.3, 0.4) is 0 Å². The largest absolute Gasteiger partial charge is 0.508 e. The van der Waals surface area contributed by atoms with E-state index in [0.717, 1.165) is 26.5 Å². The first-order chi connectivity index (χ1) is 8.49. The molecule has 0 fully saturated rings. The van der Waals surface area contributed by atoms with Crippen LogP contribution < -0.4 is 0 Å². The van der Waals surface area contributed by atoms with Gasteiger partial charge in [0.05, 0.1) is 10.8 Å². The van der Waals surface area contributed by atoms with E-state index < -0.39 is 10.8 Å². The average molecular weight is 260 g/mol. The van der Waals surface area contributed by atoms with Gasteiger partial charge in [0.1, 0.15) is 5.75 Å². The molecule has 1 N–H and O–H groups in total. The zero-order valence-corrected chi connectivity index (χ0v) is 11.5. The van der Waals surface area contributed by atoms with Crippen LogP contribution in [0.15, 0.2) is 46.2 Å². The molecule has 1 unspecified atom stereocenters. The van der Waals surface area contributed by atoms with E-state index in [0.29, 0.717) is 0 Å². The van der Waals surface area contributed by atoms with Gasteiger partial charge in [-0.15, -0.1) is 0 Å². The maximum absolute atomic E-state index is 12.5. The second-order valence-electron chi connectivity index (χ2n) is 4.49. The number of phenolic OH excluding ortho intramolecular Hbond substituents is 1. The van der Waals surface area contributed by atoms with Crippen molar-refractivity contribution in [2.45, 2.75) is 30.6 Å². The Kier molecular flexibility index (Phi) is 3.53. The molecule has 0 aromatic heterocycles. The molecular formula is C15H16O2S. The number of hydrogen-bond donors (Lipinski definition) is 1. The first kappa shape index (κ1) is 12.8. The third-order valence-corrected chi connectivity index (χ3v) is 4.47. The summed E-state index contributed by atoms with van der Waals surface area (Å²) in [6, 6.07) is 11.1. The maximum Gasteiger partial charge on any atom is 0.118 e. The Bertz CT molecular complexity index is 601. The number of aryl methyl sites for hydroxylation is 3. The Morgan fingerprint density at radius 2 is 1.56 bits per heavy atom. The van der Waals surface area contributed by atoms with Gasteiger partial charge in [0, 0.05) is 9.79 Å². The molecule has 2 aromatic carbocycles. The summed E-state index contributed by atoms with van der Waals surface area (Å²) in [4.78, 5) is 1.54. The van der Waals surface area contributed by atoms with Crippen molar-refractivity contribution in [3.8, 4) is 5.75 Å². The molecule has 2 aromatic rings. The van der Waals surface area contributed by atoms with Gasteiger partial charge in [-0.05, 0) is 56.2 Å². The molecule has 0 heterocycles. The topological polar surface area (TPSA) is 37.3 Å². The van der Waals surface area contributed by atoms with Crippen molar-refractivity contribution in [3.05, 3.63) is 53.1 Å². The van der Waals surface area contributed by atoms with Gasteiger partial charge in [-0.1, -0.05) is 17.7 Å². The van der Waals surface area contributed by atoms with Crippen molar-refractivity contribution >= 4 is 10.8 Å². The first-order valence-corrected chi connectivity index (χ1v) is 6.92. The van der Waals surface area contributed by atoms with Crippen LogP contribution in [0.1, 0.15) is 16.7 Å². The molecule has 2 nitrogen and oxygen atoms in total. The van der Waals surface area contributed by atoms with Gasteiger partial charge in [0.15, 0.2) is 0 Å². The molecule has 18 heavy (non-hydrogen) atoms. The van der Waals surface area contributed by atoms with Crippen molar-refractivity contribution in [2.75, 3.05) is 0 Å². The van der Waals surface area contributed by atoms with Gasteiger partial charge in [-0.25, -0.2) is 4.21 Å². The lowest BCUT2D eigenvalue weighted by molar-refractivity contribution is 0.470. The van der Waals surface area contributed by atoms with E-state index in [-0.39, 0.29) is 5.75 Å². The molecule has 0 aliphatic carbocycles. The third kappa shape index (κ3) is 2.46. The highest BCUT2D eigenvalue weighted by atomic mass is 32.2. The van der Waals surface area contributed by atoms with E-state index in [4.69, 9.17) is 0 Å². The first-order valence-electron chi connectivity index (χ1n) is 5.77. The molecule has 0 saturated carbocycles. The van der Waals surface area contributed by atoms with E-state index in [9.17, 15) is 9.32 Å². The number of aromatic hydroxyl groups is 1. The molecule has 0 radical (unpaired) electrons. The number of benzene rings is 2. The van der Waals surface area contributed by atoms with Crippen molar-refractivity contribution in [2.24, 2.45) is 0 Å².